The molecule has 1 atom stereocenters. The van der Waals surface area contributed by atoms with E-state index in [1.807, 2.05) is 24.3 Å². The normalized spacial score (nSPS) is 12.6. The summed E-state index contributed by atoms with van der Waals surface area (Å²) < 4.78 is 10.7. The van der Waals surface area contributed by atoms with E-state index in [-0.39, 0.29) is 6.04 Å². The maximum atomic E-state index is 5.35. The fraction of sp³-hybridized carbons (Fsp3) is 0.448. The van der Waals surface area contributed by atoms with Crippen LogP contribution in [0.15, 0.2) is 60.7 Å². The van der Waals surface area contributed by atoms with Crippen molar-refractivity contribution < 1.29 is 9.47 Å². The first-order chi connectivity index (χ1) is 16.0. The second kappa shape index (κ2) is 14.4. The summed E-state index contributed by atoms with van der Waals surface area (Å²) in [4.78, 5) is 4.70. The van der Waals surface area contributed by atoms with Crippen molar-refractivity contribution in [3.8, 4) is 11.5 Å². The molecule has 0 saturated heterocycles. The first kappa shape index (κ1) is 26.4. The van der Waals surface area contributed by atoms with E-state index in [0.717, 1.165) is 42.3 Å². The Morgan fingerprint density at radius 2 is 1.39 bits per heavy atom. The van der Waals surface area contributed by atoms with Crippen molar-refractivity contribution in [2.45, 2.75) is 45.6 Å². The predicted molar refractivity (Wildman–Crippen MR) is 140 cm³/mol. The Morgan fingerprint density at radius 3 is 1.94 bits per heavy atom. The molecule has 0 bridgehead atoms. The van der Waals surface area contributed by atoms with Crippen LogP contribution < -0.4 is 9.47 Å². The highest BCUT2D eigenvalue weighted by molar-refractivity contribution is 5.65. The molecule has 0 radical (unpaired) electrons. The number of benzene rings is 2. The molecule has 0 fully saturated rings. The Labute approximate surface area is 201 Å². The Kier molecular flexibility index (Phi) is 11.5. The third kappa shape index (κ3) is 8.24. The van der Waals surface area contributed by atoms with Crippen LogP contribution in [0.5, 0.6) is 11.5 Å². The highest BCUT2D eigenvalue weighted by Gasteiger charge is 2.18. The summed E-state index contributed by atoms with van der Waals surface area (Å²) in [5.74, 6) is 1.74. The third-order valence-corrected chi connectivity index (χ3v) is 5.91. The Bertz CT molecular complexity index is 856. The first-order valence-electron chi connectivity index (χ1n) is 12.0. The molecule has 2 aromatic rings. The van der Waals surface area contributed by atoms with Crippen molar-refractivity contribution in [2.24, 2.45) is 0 Å². The minimum Gasteiger partial charge on any atom is -0.497 e. The molecule has 0 aliphatic heterocycles. The molecule has 4 heteroatoms. The summed E-state index contributed by atoms with van der Waals surface area (Å²) in [6.07, 6.45) is 12.5. The molecular weight excluding hydrogens is 408 g/mol. The summed E-state index contributed by atoms with van der Waals surface area (Å²) in [6, 6.07) is 16.8. The summed E-state index contributed by atoms with van der Waals surface area (Å²) >= 11 is 0. The van der Waals surface area contributed by atoms with Crippen LogP contribution >= 0.6 is 0 Å². The fourth-order valence-electron chi connectivity index (χ4n) is 3.74. The maximum absolute atomic E-state index is 5.35. The van der Waals surface area contributed by atoms with E-state index in [1.165, 1.54) is 24.8 Å². The van der Waals surface area contributed by atoms with Gasteiger partial charge in [0, 0.05) is 13.6 Å². The molecule has 0 aliphatic rings. The van der Waals surface area contributed by atoms with Crippen molar-refractivity contribution in [3.05, 3.63) is 77.9 Å². The average Bonchev–Trinajstić information content (AvgIpc) is 2.86. The molecule has 2 aromatic carbocycles. The zero-order chi connectivity index (χ0) is 24.1. The lowest BCUT2D eigenvalue weighted by Gasteiger charge is -2.24. The number of methoxy groups -OCH3 is 2. The molecule has 1 unspecified atom stereocenters. The van der Waals surface area contributed by atoms with E-state index >= 15 is 0 Å². The highest BCUT2D eigenvalue weighted by Crippen LogP contribution is 2.25. The van der Waals surface area contributed by atoms with Gasteiger partial charge in [-0.3, -0.25) is 9.80 Å². The Balaban J connectivity index is 2.35. The molecule has 0 spiro atoms. The van der Waals surface area contributed by atoms with Gasteiger partial charge in [0.25, 0.3) is 0 Å². The van der Waals surface area contributed by atoms with Crippen LogP contribution in [-0.4, -0.2) is 51.2 Å². The smallest absolute Gasteiger partial charge is 0.186 e. The largest absolute Gasteiger partial charge is 0.497 e. The molecule has 0 aromatic heterocycles. The van der Waals surface area contributed by atoms with Crippen LogP contribution in [0, 0.1) is 6.08 Å². The van der Waals surface area contributed by atoms with Gasteiger partial charge in [0.15, 0.2) is 11.8 Å². The van der Waals surface area contributed by atoms with Crippen LogP contribution in [0.1, 0.15) is 56.7 Å². The second-order valence-electron chi connectivity index (χ2n) is 8.42. The van der Waals surface area contributed by atoms with Gasteiger partial charge in [-0.1, -0.05) is 38.8 Å². The maximum Gasteiger partial charge on any atom is 0.186 e. The molecule has 2 rings (SSSR count). The van der Waals surface area contributed by atoms with Crippen LogP contribution in [0.2, 0.25) is 0 Å². The SMILES string of the molecule is CCCCN(C)/C(=C\[C+]=CC(c1ccc(OC)cc1)N(C)CCCC)c1ccc(OC)cc1. The molecule has 0 heterocycles. The quantitative estimate of drug-likeness (QED) is 0.239. The molecular formula is C29H41N2O2+. The Morgan fingerprint density at radius 1 is 0.848 bits per heavy atom. The van der Waals surface area contributed by atoms with Gasteiger partial charge in [0.2, 0.25) is 0 Å². The van der Waals surface area contributed by atoms with Gasteiger partial charge < -0.3 is 9.47 Å². The zero-order valence-electron chi connectivity index (χ0n) is 21.3. The van der Waals surface area contributed by atoms with E-state index in [9.17, 15) is 0 Å². The summed E-state index contributed by atoms with van der Waals surface area (Å²) in [6.45, 7) is 6.50. The molecule has 0 saturated carbocycles. The van der Waals surface area contributed by atoms with Gasteiger partial charge in [-0.15, -0.1) is 0 Å². The van der Waals surface area contributed by atoms with Crippen LogP contribution in [0.3, 0.4) is 0 Å². The van der Waals surface area contributed by atoms with Gasteiger partial charge >= 0.3 is 0 Å². The van der Waals surface area contributed by atoms with Gasteiger partial charge in [0.05, 0.1) is 38.0 Å². The van der Waals surface area contributed by atoms with E-state index in [1.54, 1.807) is 14.2 Å². The average molecular weight is 450 g/mol. The number of ether oxygens (including phenoxy) is 2. The Hall–Kier alpha value is -2.81. The lowest BCUT2D eigenvalue weighted by atomic mass is 10.0. The van der Waals surface area contributed by atoms with Crippen LogP contribution in [0.4, 0.5) is 0 Å². The van der Waals surface area contributed by atoms with Gasteiger partial charge in [-0.25, -0.2) is 0 Å². The standard InChI is InChI=1S/C29H41N2O2/c1-7-9-22-30(3)28(24-14-18-26(32-5)19-15-24)12-11-13-29(31(4)23-10-8-2)25-16-20-27(33-6)21-17-25/h12-21,28H,7-10,22-23H2,1-6H3/q+1/b29-13-. The molecule has 4 nitrogen and oxygen atoms in total. The highest BCUT2D eigenvalue weighted by atomic mass is 16.5. The van der Waals surface area contributed by atoms with E-state index in [0.29, 0.717) is 0 Å². The number of nitrogens with zero attached hydrogens (tertiary/aromatic N) is 2. The molecule has 0 N–H and O–H groups in total. The fourth-order valence-corrected chi connectivity index (χ4v) is 3.74. The number of unbranched alkanes of at least 4 members (excludes halogenated alkanes) is 2. The number of rotatable bonds is 14. The monoisotopic (exact) mass is 449 g/mol. The van der Waals surface area contributed by atoms with Gasteiger partial charge in [0.1, 0.15) is 11.5 Å². The van der Waals surface area contributed by atoms with Gasteiger partial charge in [-0.05, 0) is 68.4 Å². The van der Waals surface area contributed by atoms with Crippen molar-refractivity contribution in [2.75, 3.05) is 41.4 Å². The van der Waals surface area contributed by atoms with E-state index in [2.05, 4.69) is 80.2 Å². The molecule has 0 aliphatic carbocycles. The van der Waals surface area contributed by atoms with E-state index < -0.39 is 0 Å². The van der Waals surface area contributed by atoms with Crippen molar-refractivity contribution in [3.63, 3.8) is 0 Å². The number of hydrogen-bond acceptors (Lipinski definition) is 4. The van der Waals surface area contributed by atoms with Crippen LogP contribution in [-0.2, 0) is 0 Å². The van der Waals surface area contributed by atoms with E-state index in [4.69, 9.17) is 9.47 Å². The number of likely N-dealkylation sites (N-methyl/N-ethyl adjacent to an activating group) is 1. The third-order valence-electron chi connectivity index (χ3n) is 5.91. The van der Waals surface area contributed by atoms with Crippen molar-refractivity contribution >= 4 is 5.70 Å². The summed E-state index contributed by atoms with van der Waals surface area (Å²) in [7, 11) is 7.74. The molecule has 0 amide bonds. The number of allylic oxidation sites excluding steroid dienone is 2. The minimum atomic E-state index is 0.150. The van der Waals surface area contributed by atoms with Crippen LogP contribution in [0.25, 0.3) is 5.70 Å². The lowest BCUT2D eigenvalue weighted by molar-refractivity contribution is 0.280. The minimum absolute atomic E-state index is 0.150. The molecule has 33 heavy (non-hydrogen) atoms. The second-order valence-corrected chi connectivity index (χ2v) is 8.42. The van der Waals surface area contributed by atoms with Gasteiger partial charge in [-0.2, -0.15) is 0 Å². The number of hydrogen-bond donors (Lipinski definition) is 0. The van der Waals surface area contributed by atoms with Crippen molar-refractivity contribution in [1.82, 2.24) is 9.80 Å². The van der Waals surface area contributed by atoms with Crippen molar-refractivity contribution in [1.29, 1.82) is 0 Å². The first-order valence-corrected chi connectivity index (χ1v) is 12.0. The summed E-state index contributed by atoms with van der Waals surface area (Å²) in [5, 5.41) is 0. The zero-order valence-corrected chi connectivity index (χ0v) is 21.3. The predicted octanol–water partition coefficient (Wildman–Crippen LogP) is 6.61. The lowest BCUT2D eigenvalue weighted by Crippen LogP contribution is -2.24. The summed E-state index contributed by atoms with van der Waals surface area (Å²) in [5.41, 5.74) is 3.56. The molecule has 178 valence electrons. The topological polar surface area (TPSA) is 24.9 Å².